The van der Waals surface area contributed by atoms with Gasteiger partial charge in [0, 0.05) is 17.2 Å². The maximum Gasteiger partial charge on any atom is 0.277 e. The van der Waals surface area contributed by atoms with Crippen LogP contribution in [0.25, 0.3) is 0 Å². The van der Waals surface area contributed by atoms with Crippen molar-refractivity contribution in [2.45, 2.75) is 6.92 Å². The number of hydrazone groups is 1. The van der Waals surface area contributed by atoms with Crippen LogP contribution in [0, 0.1) is 17.0 Å². The summed E-state index contributed by atoms with van der Waals surface area (Å²) in [6.45, 7) is 1.63. The van der Waals surface area contributed by atoms with E-state index in [2.05, 4.69) is 10.5 Å². The lowest BCUT2D eigenvalue weighted by molar-refractivity contribution is -0.384. The fourth-order valence-electron chi connectivity index (χ4n) is 1.81. The average Bonchev–Trinajstić information content (AvgIpc) is 2.54. The Kier molecular flexibility index (Phi) is 5.86. The molecule has 0 aliphatic carbocycles. The number of non-ortho nitro benzene ring substituents is 1. The molecule has 0 saturated heterocycles. The van der Waals surface area contributed by atoms with Crippen LogP contribution in [0.2, 0.25) is 5.02 Å². The topological polar surface area (TPSA) is 93.8 Å². The molecule has 0 radical (unpaired) electrons. The first-order valence-corrected chi connectivity index (χ1v) is 7.29. The summed E-state index contributed by atoms with van der Waals surface area (Å²) in [5.74, 6) is 0.136. The van der Waals surface area contributed by atoms with Crippen molar-refractivity contribution in [3.63, 3.8) is 0 Å². The minimum absolute atomic E-state index is 0.0112. The van der Waals surface area contributed by atoms with E-state index < -0.39 is 10.8 Å². The number of nitro groups is 1. The van der Waals surface area contributed by atoms with Crippen LogP contribution >= 0.6 is 11.6 Å². The zero-order valence-corrected chi connectivity index (χ0v) is 13.5. The SMILES string of the molecule is Cc1cc(Cl)ccc1OCC(=O)N/N=C/c1ccc([N+](=O)[O-])cc1. The lowest BCUT2D eigenvalue weighted by atomic mass is 10.2. The summed E-state index contributed by atoms with van der Waals surface area (Å²) in [4.78, 5) is 21.7. The molecule has 1 N–H and O–H groups in total. The van der Waals surface area contributed by atoms with Gasteiger partial charge in [-0.15, -0.1) is 0 Å². The van der Waals surface area contributed by atoms with Gasteiger partial charge in [0.1, 0.15) is 5.75 Å². The smallest absolute Gasteiger partial charge is 0.277 e. The third-order valence-electron chi connectivity index (χ3n) is 3.00. The van der Waals surface area contributed by atoms with E-state index >= 15 is 0 Å². The third kappa shape index (κ3) is 5.06. The number of aryl methyl sites for hydroxylation is 1. The summed E-state index contributed by atoms with van der Waals surface area (Å²) in [5.41, 5.74) is 3.75. The Balaban J connectivity index is 1.83. The van der Waals surface area contributed by atoms with Crippen LogP contribution in [0.15, 0.2) is 47.6 Å². The number of hydrogen-bond acceptors (Lipinski definition) is 5. The number of benzene rings is 2. The largest absolute Gasteiger partial charge is 0.483 e. The highest BCUT2D eigenvalue weighted by Gasteiger charge is 2.05. The molecule has 0 aromatic heterocycles. The Morgan fingerprint density at radius 1 is 1.33 bits per heavy atom. The van der Waals surface area contributed by atoms with Gasteiger partial charge in [0.2, 0.25) is 0 Å². The number of nitrogens with one attached hydrogen (secondary N) is 1. The van der Waals surface area contributed by atoms with E-state index in [0.29, 0.717) is 16.3 Å². The summed E-state index contributed by atoms with van der Waals surface area (Å²) in [5, 5.41) is 14.9. The maximum atomic E-state index is 11.7. The molecule has 8 heteroatoms. The first kappa shape index (κ1) is 17.4. The van der Waals surface area contributed by atoms with Crippen LogP contribution in [-0.2, 0) is 4.79 Å². The van der Waals surface area contributed by atoms with Gasteiger partial charge >= 0.3 is 0 Å². The van der Waals surface area contributed by atoms with Gasteiger partial charge < -0.3 is 4.74 Å². The molecule has 0 spiro atoms. The molecule has 0 saturated carbocycles. The van der Waals surface area contributed by atoms with Gasteiger partial charge in [-0.2, -0.15) is 5.10 Å². The van der Waals surface area contributed by atoms with E-state index in [9.17, 15) is 14.9 Å². The molecule has 124 valence electrons. The number of nitrogens with zero attached hydrogens (tertiary/aromatic N) is 2. The Morgan fingerprint density at radius 3 is 2.67 bits per heavy atom. The molecule has 24 heavy (non-hydrogen) atoms. The molecular weight excluding hydrogens is 334 g/mol. The first-order chi connectivity index (χ1) is 11.5. The fourth-order valence-corrected chi connectivity index (χ4v) is 2.04. The van der Waals surface area contributed by atoms with Crippen molar-refractivity contribution in [3.8, 4) is 5.75 Å². The molecule has 7 nitrogen and oxygen atoms in total. The van der Waals surface area contributed by atoms with Crippen molar-refractivity contribution in [1.82, 2.24) is 5.43 Å². The van der Waals surface area contributed by atoms with Crippen molar-refractivity contribution >= 4 is 29.4 Å². The lowest BCUT2D eigenvalue weighted by Crippen LogP contribution is -2.24. The molecule has 1 amide bonds. The quantitative estimate of drug-likeness (QED) is 0.493. The Labute approximate surface area is 143 Å². The molecule has 0 heterocycles. The highest BCUT2D eigenvalue weighted by Crippen LogP contribution is 2.21. The van der Waals surface area contributed by atoms with Crippen molar-refractivity contribution < 1.29 is 14.5 Å². The summed E-state index contributed by atoms with van der Waals surface area (Å²) in [6.07, 6.45) is 1.38. The molecule has 0 unspecified atom stereocenters. The number of amides is 1. The summed E-state index contributed by atoms with van der Waals surface area (Å²) in [7, 11) is 0. The summed E-state index contributed by atoms with van der Waals surface area (Å²) < 4.78 is 5.38. The van der Waals surface area contributed by atoms with Gasteiger partial charge in [0.15, 0.2) is 6.61 Å². The highest BCUT2D eigenvalue weighted by atomic mass is 35.5. The molecule has 2 rings (SSSR count). The third-order valence-corrected chi connectivity index (χ3v) is 3.24. The van der Waals surface area contributed by atoms with Gasteiger partial charge in [0.05, 0.1) is 11.1 Å². The number of hydrogen-bond donors (Lipinski definition) is 1. The number of carbonyl (C=O) groups excluding carboxylic acids is 1. The zero-order chi connectivity index (χ0) is 17.5. The molecule has 2 aromatic rings. The predicted molar refractivity (Wildman–Crippen MR) is 90.5 cm³/mol. The van der Waals surface area contributed by atoms with Gasteiger partial charge in [-0.1, -0.05) is 11.6 Å². The van der Waals surface area contributed by atoms with E-state index in [-0.39, 0.29) is 12.3 Å². The molecular formula is C16H14ClN3O4. The molecule has 0 aliphatic heterocycles. The van der Waals surface area contributed by atoms with Crippen LogP contribution in [0.3, 0.4) is 0 Å². The number of rotatable bonds is 6. The first-order valence-electron chi connectivity index (χ1n) is 6.91. The van der Waals surface area contributed by atoms with E-state index in [4.69, 9.17) is 16.3 Å². The molecule has 0 fully saturated rings. The van der Waals surface area contributed by atoms with Crippen molar-refractivity contribution in [2.75, 3.05) is 6.61 Å². The molecule has 0 aliphatic rings. The number of carbonyl (C=O) groups is 1. The van der Waals surface area contributed by atoms with Gasteiger partial charge in [-0.05, 0) is 48.4 Å². The van der Waals surface area contributed by atoms with Crippen LogP contribution in [0.5, 0.6) is 5.75 Å². The average molecular weight is 348 g/mol. The standard InChI is InChI=1S/C16H14ClN3O4/c1-11-8-13(17)4-7-15(11)24-10-16(21)19-18-9-12-2-5-14(6-3-12)20(22)23/h2-9H,10H2,1H3,(H,19,21)/b18-9+. The Bertz CT molecular complexity index is 775. The van der Waals surface area contributed by atoms with Crippen LogP contribution in [0.4, 0.5) is 5.69 Å². The second-order valence-corrected chi connectivity index (χ2v) is 5.28. The number of halogens is 1. The summed E-state index contributed by atoms with van der Waals surface area (Å²) >= 11 is 5.84. The van der Waals surface area contributed by atoms with Crippen molar-refractivity contribution in [1.29, 1.82) is 0 Å². The number of nitro benzene ring substituents is 1. The van der Waals surface area contributed by atoms with Crippen molar-refractivity contribution in [3.05, 3.63) is 68.7 Å². The predicted octanol–water partition coefficient (Wildman–Crippen LogP) is 3.09. The van der Waals surface area contributed by atoms with E-state index in [0.717, 1.165) is 5.56 Å². The fraction of sp³-hybridized carbons (Fsp3) is 0.125. The van der Waals surface area contributed by atoms with Gasteiger partial charge in [0.25, 0.3) is 11.6 Å². The van der Waals surface area contributed by atoms with Crippen LogP contribution < -0.4 is 10.2 Å². The molecule has 0 atom stereocenters. The van der Waals surface area contributed by atoms with E-state index in [1.165, 1.54) is 30.5 Å². The van der Waals surface area contributed by atoms with Crippen molar-refractivity contribution in [2.24, 2.45) is 5.10 Å². The lowest BCUT2D eigenvalue weighted by Gasteiger charge is -2.08. The monoisotopic (exact) mass is 347 g/mol. The second kappa shape index (κ2) is 8.07. The van der Waals surface area contributed by atoms with Crippen LogP contribution in [-0.4, -0.2) is 23.7 Å². The number of ether oxygens (including phenoxy) is 1. The highest BCUT2D eigenvalue weighted by molar-refractivity contribution is 6.30. The second-order valence-electron chi connectivity index (χ2n) is 4.84. The zero-order valence-electron chi connectivity index (χ0n) is 12.7. The summed E-state index contributed by atoms with van der Waals surface area (Å²) in [6, 6.07) is 10.9. The maximum absolute atomic E-state index is 11.7. The van der Waals surface area contributed by atoms with Gasteiger partial charge in [-0.3, -0.25) is 14.9 Å². The van der Waals surface area contributed by atoms with E-state index in [1.807, 2.05) is 6.92 Å². The minimum Gasteiger partial charge on any atom is -0.483 e. The molecule has 2 aromatic carbocycles. The van der Waals surface area contributed by atoms with Gasteiger partial charge in [-0.25, -0.2) is 5.43 Å². The van der Waals surface area contributed by atoms with Crippen LogP contribution in [0.1, 0.15) is 11.1 Å². The Morgan fingerprint density at radius 2 is 2.04 bits per heavy atom. The van der Waals surface area contributed by atoms with E-state index in [1.54, 1.807) is 18.2 Å². The minimum atomic E-state index is -0.487. The molecule has 0 bridgehead atoms. The normalized spacial score (nSPS) is 10.6. The Hall–Kier alpha value is -2.93.